The highest BCUT2D eigenvalue weighted by Gasteiger charge is 2.30. The molecule has 74 valence electrons. The van der Waals surface area contributed by atoms with E-state index in [9.17, 15) is 0 Å². The van der Waals surface area contributed by atoms with Crippen molar-refractivity contribution in [3.8, 4) is 0 Å². The summed E-state index contributed by atoms with van der Waals surface area (Å²) in [5, 5.41) is 3.92. The molecule has 1 rings (SSSR count). The maximum atomic E-state index is 5.30. The quantitative estimate of drug-likeness (QED) is 0.715. The molecule has 1 atom stereocenters. The Kier molecular flexibility index (Phi) is 2.79. The van der Waals surface area contributed by atoms with Crippen molar-refractivity contribution in [2.75, 3.05) is 0 Å². The second kappa shape index (κ2) is 3.52. The smallest absolute Gasteiger partial charge is 0.142 e. The Morgan fingerprint density at radius 2 is 2.15 bits per heavy atom. The molecule has 0 aliphatic heterocycles. The zero-order valence-corrected chi connectivity index (χ0v) is 9.22. The monoisotopic (exact) mass is 181 g/mol. The third-order valence-electron chi connectivity index (χ3n) is 3.11. The molecule has 0 spiro atoms. The molecule has 0 bridgehead atoms. The number of hydrogen-bond acceptors (Lipinski definition) is 2. The van der Waals surface area contributed by atoms with Gasteiger partial charge in [0.1, 0.15) is 5.76 Å². The Labute approximate surface area is 80.3 Å². The van der Waals surface area contributed by atoms with Gasteiger partial charge in [0.15, 0.2) is 0 Å². The summed E-state index contributed by atoms with van der Waals surface area (Å²) in [6.07, 6.45) is 1.16. The topological polar surface area (TPSA) is 26.0 Å². The first-order valence-corrected chi connectivity index (χ1v) is 4.92. The first-order chi connectivity index (χ1) is 5.98. The molecule has 2 heteroatoms. The highest BCUT2D eigenvalue weighted by Crippen LogP contribution is 2.33. The molecule has 2 nitrogen and oxygen atoms in total. The molecule has 0 amide bonds. The summed E-state index contributed by atoms with van der Waals surface area (Å²) in [6.45, 7) is 10.8. The van der Waals surface area contributed by atoms with Crippen molar-refractivity contribution in [2.24, 2.45) is 5.92 Å². The summed E-state index contributed by atoms with van der Waals surface area (Å²) in [5.41, 5.74) is 1.06. The van der Waals surface area contributed by atoms with Crippen molar-refractivity contribution in [2.45, 2.75) is 46.5 Å². The lowest BCUT2D eigenvalue weighted by Gasteiger charge is -2.27. The van der Waals surface area contributed by atoms with Crippen LogP contribution in [0.5, 0.6) is 0 Å². The highest BCUT2D eigenvalue weighted by molar-refractivity contribution is 5.14. The largest absolute Gasteiger partial charge is 0.361 e. The van der Waals surface area contributed by atoms with Crippen LogP contribution < -0.4 is 0 Å². The van der Waals surface area contributed by atoms with Gasteiger partial charge in [0, 0.05) is 11.5 Å². The minimum absolute atomic E-state index is 0.0933. The van der Waals surface area contributed by atoms with E-state index in [4.69, 9.17) is 4.52 Å². The van der Waals surface area contributed by atoms with Crippen molar-refractivity contribution in [1.82, 2.24) is 5.16 Å². The number of aromatic nitrogens is 1. The molecule has 0 saturated carbocycles. The van der Waals surface area contributed by atoms with Gasteiger partial charge in [0.05, 0.1) is 5.69 Å². The van der Waals surface area contributed by atoms with E-state index in [-0.39, 0.29) is 5.41 Å². The van der Waals surface area contributed by atoms with E-state index in [1.165, 1.54) is 0 Å². The van der Waals surface area contributed by atoms with Gasteiger partial charge >= 0.3 is 0 Å². The lowest BCUT2D eigenvalue weighted by molar-refractivity contribution is 0.246. The van der Waals surface area contributed by atoms with Gasteiger partial charge < -0.3 is 4.52 Å². The Morgan fingerprint density at radius 1 is 1.54 bits per heavy atom. The van der Waals surface area contributed by atoms with E-state index < -0.39 is 0 Å². The second-order valence-electron chi connectivity index (χ2n) is 4.36. The predicted molar refractivity (Wildman–Crippen MR) is 53.7 cm³/mol. The summed E-state index contributed by atoms with van der Waals surface area (Å²) in [6, 6.07) is 2.03. The van der Waals surface area contributed by atoms with Crippen LogP contribution in [-0.4, -0.2) is 5.16 Å². The molecule has 0 aromatic carbocycles. The SMILES string of the molecule is CCC(C)C(C)(C)c1cc(C)no1. The molecule has 0 radical (unpaired) electrons. The maximum Gasteiger partial charge on any atom is 0.142 e. The van der Waals surface area contributed by atoms with Crippen LogP contribution in [-0.2, 0) is 5.41 Å². The Balaban J connectivity index is 2.92. The fourth-order valence-electron chi connectivity index (χ4n) is 1.42. The molecule has 1 aromatic heterocycles. The minimum Gasteiger partial charge on any atom is -0.361 e. The maximum absolute atomic E-state index is 5.30. The average Bonchev–Trinajstić information content (AvgIpc) is 2.50. The molecule has 1 heterocycles. The van der Waals surface area contributed by atoms with E-state index >= 15 is 0 Å². The zero-order chi connectivity index (χ0) is 10.1. The van der Waals surface area contributed by atoms with Gasteiger partial charge in [-0.15, -0.1) is 0 Å². The van der Waals surface area contributed by atoms with E-state index in [0.29, 0.717) is 5.92 Å². The van der Waals surface area contributed by atoms with Crippen molar-refractivity contribution in [3.63, 3.8) is 0 Å². The van der Waals surface area contributed by atoms with Gasteiger partial charge in [-0.3, -0.25) is 0 Å². The van der Waals surface area contributed by atoms with Gasteiger partial charge in [-0.05, 0) is 12.8 Å². The molecule has 0 fully saturated rings. The number of hydrogen-bond donors (Lipinski definition) is 0. The zero-order valence-electron chi connectivity index (χ0n) is 9.22. The Bertz CT molecular complexity index is 275. The molecule has 13 heavy (non-hydrogen) atoms. The van der Waals surface area contributed by atoms with E-state index in [2.05, 4.69) is 32.9 Å². The predicted octanol–water partition coefficient (Wildman–Crippen LogP) is 3.31. The van der Waals surface area contributed by atoms with Crippen LogP contribution in [0.2, 0.25) is 0 Å². The van der Waals surface area contributed by atoms with Crippen LogP contribution in [0.4, 0.5) is 0 Å². The number of aryl methyl sites for hydroxylation is 1. The molecule has 0 N–H and O–H groups in total. The molecular weight excluding hydrogens is 162 g/mol. The summed E-state index contributed by atoms with van der Waals surface area (Å²) >= 11 is 0. The van der Waals surface area contributed by atoms with Gasteiger partial charge in [-0.25, -0.2) is 0 Å². The van der Waals surface area contributed by atoms with Gasteiger partial charge in [-0.2, -0.15) is 0 Å². The number of nitrogens with zero attached hydrogens (tertiary/aromatic N) is 1. The minimum atomic E-state index is 0.0933. The third-order valence-corrected chi connectivity index (χ3v) is 3.11. The average molecular weight is 181 g/mol. The van der Waals surface area contributed by atoms with E-state index in [0.717, 1.165) is 17.9 Å². The van der Waals surface area contributed by atoms with Crippen LogP contribution >= 0.6 is 0 Å². The summed E-state index contributed by atoms with van der Waals surface area (Å²) < 4.78 is 5.30. The lowest BCUT2D eigenvalue weighted by Crippen LogP contribution is -2.25. The third kappa shape index (κ3) is 1.93. The van der Waals surface area contributed by atoms with Gasteiger partial charge in [0.25, 0.3) is 0 Å². The molecule has 1 unspecified atom stereocenters. The first kappa shape index (κ1) is 10.3. The number of rotatable bonds is 3. The van der Waals surface area contributed by atoms with Crippen LogP contribution in [0.15, 0.2) is 10.6 Å². The van der Waals surface area contributed by atoms with Crippen molar-refractivity contribution >= 4 is 0 Å². The summed E-state index contributed by atoms with van der Waals surface area (Å²) in [7, 11) is 0. The normalized spacial score (nSPS) is 14.5. The van der Waals surface area contributed by atoms with Gasteiger partial charge in [0.2, 0.25) is 0 Å². The second-order valence-corrected chi connectivity index (χ2v) is 4.36. The van der Waals surface area contributed by atoms with E-state index in [1.807, 2.05) is 13.0 Å². The molecule has 1 aromatic rings. The van der Waals surface area contributed by atoms with Crippen molar-refractivity contribution in [1.29, 1.82) is 0 Å². The summed E-state index contributed by atoms with van der Waals surface area (Å²) in [4.78, 5) is 0. The van der Waals surface area contributed by atoms with Gasteiger partial charge in [-0.1, -0.05) is 39.3 Å². The molecule has 0 aliphatic rings. The standard InChI is InChI=1S/C11H19NO/c1-6-8(2)11(4,5)10-7-9(3)12-13-10/h7-8H,6H2,1-5H3. The Morgan fingerprint density at radius 3 is 2.54 bits per heavy atom. The molecule has 0 aliphatic carbocycles. The van der Waals surface area contributed by atoms with E-state index in [1.54, 1.807) is 0 Å². The highest BCUT2D eigenvalue weighted by atomic mass is 16.5. The molecular formula is C11H19NO. The lowest BCUT2D eigenvalue weighted by atomic mass is 9.76. The van der Waals surface area contributed by atoms with Crippen LogP contribution in [0.1, 0.15) is 45.6 Å². The fraction of sp³-hybridized carbons (Fsp3) is 0.727. The first-order valence-electron chi connectivity index (χ1n) is 4.92. The van der Waals surface area contributed by atoms with Crippen LogP contribution in [0, 0.1) is 12.8 Å². The summed E-state index contributed by atoms with van der Waals surface area (Å²) in [5.74, 6) is 1.61. The van der Waals surface area contributed by atoms with Crippen LogP contribution in [0.25, 0.3) is 0 Å². The van der Waals surface area contributed by atoms with Crippen molar-refractivity contribution in [3.05, 3.63) is 17.5 Å². The molecule has 0 saturated heterocycles. The fourth-order valence-corrected chi connectivity index (χ4v) is 1.42. The van der Waals surface area contributed by atoms with Crippen LogP contribution in [0.3, 0.4) is 0 Å². The Hall–Kier alpha value is -0.790. The van der Waals surface area contributed by atoms with Crippen molar-refractivity contribution < 1.29 is 4.52 Å².